The number of benzene rings is 1. The zero-order valence-corrected chi connectivity index (χ0v) is 19.0. The minimum Gasteiger partial charge on any atom is -0.481 e. The van der Waals surface area contributed by atoms with Crippen LogP contribution in [0.3, 0.4) is 0 Å². The Labute approximate surface area is 185 Å². The van der Waals surface area contributed by atoms with E-state index in [4.69, 9.17) is 4.74 Å². The molecular formula is C24H27NO5S. The molecule has 4 atom stereocenters. The number of esters is 1. The van der Waals surface area contributed by atoms with Crippen LogP contribution in [0.5, 0.6) is 0 Å². The SMILES string of the molecule is COC(=O)c1c(NC(=O)[C@H]2[C@@H]3CC[C@H](C3)[C@@H]2C(=O)O)sc(C)c1-c1cc(C)ccc1C. The smallest absolute Gasteiger partial charge is 0.341 e. The van der Waals surface area contributed by atoms with Crippen LogP contribution in [0.1, 0.15) is 45.6 Å². The molecule has 1 aromatic heterocycles. The third-order valence-electron chi connectivity index (χ3n) is 6.88. The molecule has 0 unspecified atom stereocenters. The summed E-state index contributed by atoms with van der Waals surface area (Å²) in [6.07, 6.45) is 2.54. The zero-order valence-electron chi connectivity index (χ0n) is 18.2. The number of carbonyl (C=O) groups is 3. The van der Waals surface area contributed by atoms with E-state index < -0.39 is 23.8 Å². The molecule has 0 saturated heterocycles. The molecule has 2 bridgehead atoms. The molecule has 6 nitrogen and oxygen atoms in total. The highest BCUT2D eigenvalue weighted by molar-refractivity contribution is 7.17. The second-order valence-electron chi connectivity index (χ2n) is 8.76. The van der Waals surface area contributed by atoms with Crippen molar-refractivity contribution < 1.29 is 24.2 Å². The molecule has 2 N–H and O–H groups in total. The number of amides is 1. The lowest BCUT2D eigenvalue weighted by Gasteiger charge is -2.26. The molecule has 0 radical (unpaired) electrons. The van der Waals surface area contributed by atoms with Gasteiger partial charge in [-0.2, -0.15) is 0 Å². The molecule has 2 fully saturated rings. The highest BCUT2D eigenvalue weighted by atomic mass is 32.1. The fraction of sp³-hybridized carbons (Fsp3) is 0.458. The van der Waals surface area contributed by atoms with Gasteiger partial charge in [-0.25, -0.2) is 4.79 Å². The summed E-state index contributed by atoms with van der Waals surface area (Å²) < 4.78 is 5.06. The van der Waals surface area contributed by atoms with Crippen LogP contribution in [0, 0.1) is 44.4 Å². The highest BCUT2D eigenvalue weighted by Gasteiger charge is 2.54. The highest BCUT2D eigenvalue weighted by Crippen LogP contribution is 2.53. The van der Waals surface area contributed by atoms with E-state index in [1.165, 1.54) is 18.4 Å². The maximum Gasteiger partial charge on any atom is 0.341 e. The number of aliphatic carboxylic acids is 1. The molecule has 2 saturated carbocycles. The average Bonchev–Trinajstić information content (AvgIpc) is 3.42. The molecule has 4 rings (SSSR count). The lowest BCUT2D eigenvalue weighted by molar-refractivity contribution is -0.148. The number of nitrogens with one attached hydrogen (secondary N) is 1. The summed E-state index contributed by atoms with van der Waals surface area (Å²) in [5, 5.41) is 13.0. The quantitative estimate of drug-likeness (QED) is 0.650. The number of methoxy groups -OCH3 is 1. The number of hydrogen-bond acceptors (Lipinski definition) is 5. The van der Waals surface area contributed by atoms with Gasteiger partial charge in [0.05, 0.1) is 18.9 Å². The predicted octanol–water partition coefficient (Wildman–Crippen LogP) is 4.81. The van der Waals surface area contributed by atoms with Crippen LogP contribution in [0.15, 0.2) is 18.2 Å². The van der Waals surface area contributed by atoms with E-state index in [1.54, 1.807) is 0 Å². The maximum atomic E-state index is 13.2. The monoisotopic (exact) mass is 441 g/mol. The lowest BCUT2D eigenvalue weighted by atomic mass is 9.78. The number of carbonyl (C=O) groups excluding carboxylic acids is 2. The fourth-order valence-electron chi connectivity index (χ4n) is 5.48. The van der Waals surface area contributed by atoms with Crippen LogP contribution in [-0.2, 0) is 14.3 Å². The molecule has 0 aliphatic heterocycles. The van der Waals surface area contributed by atoms with Gasteiger partial charge in [-0.05, 0) is 63.0 Å². The molecule has 31 heavy (non-hydrogen) atoms. The van der Waals surface area contributed by atoms with Crippen LogP contribution in [0.25, 0.3) is 11.1 Å². The van der Waals surface area contributed by atoms with E-state index >= 15 is 0 Å². The molecule has 164 valence electrons. The molecule has 2 aliphatic carbocycles. The number of rotatable bonds is 5. The largest absolute Gasteiger partial charge is 0.481 e. The molecule has 1 aromatic carbocycles. The Balaban J connectivity index is 1.74. The Hall–Kier alpha value is -2.67. The first-order valence-corrected chi connectivity index (χ1v) is 11.4. The van der Waals surface area contributed by atoms with E-state index in [9.17, 15) is 19.5 Å². The number of hydrogen-bond donors (Lipinski definition) is 2. The van der Waals surface area contributed by atoms with Crippen LogP contribution >= 0.6 is 11.3 Å². The summed E-state index contributed by atoms with van der Waals surface area (Å²) in [7, 11) is 1.32. The fourth-order valence-corrected chi connectivity index (χ4v) is 6.54. The molecule has 2 aliphatic rings. The van der Waals surface area contributed by atoms with Crippen molar-refractivity contribution >= 4 is 34.2 Å². The van der Waals surface area contributed by atoms with E-state index in [1.807, 2.05) is 39.0 Å². The Kier molecular flexibility index (Phi) is 5.64. The van der Waals surface area contributed by atoms with E-state index in [-0.39, 0.29) is 17.7 Å². The number of thiophene rings is 1. The molecule has 1 amide bonds. The van der Waals surface area contributed by atoms with Gasteiger partial charge in [0.2, 0.25) is 5.91 Å². The van der Waals surface area contributed by atoms with Gasteiger partial charge in [0.15, 0.2) is 0 Å². The van der Waals surface area contributed by atoms with Crippen molar-refractivity contribution in [3.05, 3.63) is 39.8 Å². The lowest BCUT2D eigenvalue weighted by Crippen LogP contribution is -2.37. The van der Waals surface area contributed by atoms with Crippen molar-refractivity contribution in [2.75, 3.05) is 12.4 Å². The molecule has 2 aromatic rings. The first-order valence-electron chi connectivity index (χ1n) is 10.6. The van der Waals surface area contributed by atoms with Crippen molar-refractivity contribution in [3.63, 3.8) is 0 Å². The van der Waals surface area contributed by atoms with Gasteiger partial charge < -0.3 is 15.2 Å². The Bertz CT molecular complexity index is 1070. The van der Waals surface area contributed by atoms with E-state index in [0.717, 1.165) is 46.4 Å². The number of carboxylic acids is 1. The van der Waals surface area contributed by atoms with Crippen molar-refractivity contribution in [2.45, 2.75) is 40.0 Å². The second kappa shape index (κ2) is 8.11. The van der Waals surface area contributed by atoms with Gasteiger partial charge in [0.25, 0.3) is 0 Å². The summed E-state index contributed by atoms with van der Waals surface area (Å²) in [5.41, 5.74) is 4.11. The molecule has 1 heterocycles. The number of fused-ring (bicyclic) bond motifs is 2. The number of anilines is 1. The van der Waals surface area contributed by atoms with Crippen molar-refractivity contribution in [3.8, 4) is 11.1 Å². The number of ether oxygens (including phenoxy) is 1. The summed E-state index contributed by atoms with van der Waals surface area (Å²) in [6.45, 7) is 5.89. The summed E-state index contributed by atoms with van der Waals surface area (Å²) in [4.78, 5) is 38.8. The first-order chi connectivity index (χ1) is 14.7. The van der Waals surface area contributed by atoms with Gasteiger partial charge >= 0.3 is 11.9 Å². The van der Waals surface area contributed by atoms with Gasteiger partial charge in [0, 0.05) is 10.4 Å². The van der Waals surface area contributed by atoms with Crippen molar-refractivity contribution in [1.29, 1.82) is 0 Å². The predicted molar refractivity (Wildman–Crippen MR) is 119 cm³/mol. The topological polar surface area (TPSA) is 92.7 Å². The first kappa shape index (κ1) is 21.6. The Morgan fingerprint density at radius 3 is 2.42 bits per heavy atom. The third-order valence-corrected chi connectivity index (χ3v) is 7.90. The van der Waals surface area contributed by atoms with Crippen molar-refractivity contribution in [2.24, 2.45) is 23.7 Å². The van der Waals surface area contributed by atoms with E-state index in [0.29, 0.717) is 10.6 Å². The summed E-state index contributed by atoms with van der Waals surface area (Å²) in [6, 6.07) is 6.05. The average molecular weight is 442 g/mol. The Morgan fingerprint density at radius 1 is 1.10 bits per heavy atom. The summed E-state index contributed by atoms with van der Waals surface area (Å²) in [5.74, 6) is -2.79. The molecular weight excluding hydrogens is 414 g/mol. The normalized spacial score (nSPS) is 24.3. The number of carboxylic acid groups (broad SMARTS) is 1. The minimum atomic E-state index is -0.904. The number of aryl methyl sites for hydroxylation is 3. The standard InChI is InChI=1S/C24H27NO5S/c1-11-5-6-12(2)16(9-11)17-13(3)31-22(20(17)24(29)30-4)25-21(26)18-14-7-8-15(10-14)19(18)23(27)28/h5-6,9,14-15,18-19H,7-8,10H2,1-4H3,(H,25,26)(H,27,28)/t14-,15-,18+,19+/m1/s1. The van der Waals surface area contributed by atoms with E-state index in [2.05, 4.69) is 5.32 Å². The molecule has 7 heteroatoms. The van der Waals surface area contributed by atoms with Gasteiger partial charge in [-0.1, -0.05) is 23.8 Å². The minimum absolute atomic E-state index is 0.0638. The third kappa shape index (κ3) is 3.65. The van der Waals surface area contributed by atoms with Gasteiger partial charge in [0.1, 0.15) is 10.6 Å². The zero-order chi connectivity index (χ0) is 22.4. The van der Waals surface area contributed by atoms with Crippen LogP contribution in [0.2, 0.25) is 0 Å². The van der Waals surface area contributed by atoms with Crippen LogP contribution in [-0.4, -0.2) is 30.1 Å². The Morgan fingerprint density at radius 2 is 1.77 bits per heavy atom. The maximum absolute atomic E-state index is 13.2. The van der Waals surface area contributed by atoms with Gasteiger partial charge in [-0.15, -0.1) is 11.3 Å². The van der Waals surface area contributed by atoms with Crippen molar-refractivity contribution in [1.82, 2.24) is 0 Å². The second-order valence-corrected chi connectivity index (χ2v) is 9.98. The van der Waals surface area contributed by atoms with Crippen LogP contribution in [0.4, 0.5) is 5.00 Å². The summed E-state index contributed by atoms with van der Waals surface area (Å²) >= 11 is 1.33. The van der Waals surface area contributed by atoms with Crippen LogP contribution < -0.4 is 5.32 Å². The van der Waals surface area contributed by atoms with Gasteiger partial charge in [-0.3, -0.25) is 9.59 Å². The molecule has 0 spiro atoms.